The summed E-state index contributed by atoms with van der Waals surface area (Å²) in [5.41, 5.74) is 0.452. The lowest BCUT2D eigenvalue weighted by Gasteiger charge is -2.07. The largest absolute Gasteiger partial charge is 0.389 e. The Balaban J connectivity index is 2.49. The van der Waals surface area contributed by atoms with Crippen molar-refractivity contribution in [3.63, 3.8) is 0 Å². The van der Waals surface area contributed by atoms with Gasteiger partial charge in [-0.15, -0.1) is 0 Å². The fourth-order valence-corrected chi connectivity index (χ4v) is 1.56. The van der Waals surface area contributed by atoms with E-state index >= 15 is 0 Å². The number of amides is 1. The van der Waals surface area contributed by atoms with E-state index in [1.807, 2.05) is 0 Å². The van der Waals surface area contributed by atoms with Gasteiger partial charge in [0.1, 0.15) is 12.3 Å². The Morgan fingerprint density at radius 1 is 1.38 bits per heavy atom. The third-order valence-corrected chi connectivity index (χ3v) is 2.50. The summed E-state index contributed by atoms with van der Waals surface area (Å²) in [4.78, 5) is 15.8. The molecule has 1 heterocycles. The molecule has 0 aromatic carbocycles. The molecule has 0 atom stereocenters. The average Bonchev–Trinajstić information content (AvgIpc) is 2.43. The minimum Gasteiger partial charge on any atom is -0.384 e. The monoisotopic (exact) mass is 300 g/mol. The van der Waals surface area contributed by atoms with Gasteiger partial charge in [0, 0.05) is 19.2 Å². The number of carbonyl (C=O) groups is 1. The van der Waals surface area contributed by atoms with Crippen LogP contribution in [0, 0.1) is 11.8 Å². The second-order valence-corrected chi connectivity index (χ2v) is 4.19. The molecule has 0 aliphatic rings. The number of aliphatic hydroxyl groups is 1. The first-order chi connectivity index (χ1) is 9.94. The van der Waals surface area contributed by atoms with E-state index in [-0.39, 0.29) is 31.7 Å². The highest BCUT2D eigenvalue weighted by atomic mass is 19.4. The highest BCUT2D eigenvalue weighted by Gasteiger charge is 2.25. The first kappa shape index (κ1) is 17.0. The Morgan fingerprint density at radius 2 is 2.14 bits per heavy atom. The van der Waals surface area contributed by atoms with Crippen LogP contribution < -0.4 is 5.32 Å². The topological polar surface area (TPSA) is 62.2 Å². The van der Waals surface area contributed by atoms with Crippen LogP contribution in [0.25, 0.3) is 0 Å². The number of carbonyl (C=O) groups excluding carboxylic acids is 1. The Hall–Kier alpha value is -2.07. The van der Waals surface area contributed by atoms with Gasteiger partial charge in [-0.2, -0.15) is 13.2 Å². The van der Waals surface area contributed by atoms with Crippen molar-refractivity contribution in [2.75, 3.05) is 13.2 Å². The van der Waals surface area contributed by atoms with Crippen LogP contribution in [0.3, 0.4) is 0 Å². The Kier molecular flexibility index (Phi) is 6.69. The van der Waals surface area contributed by atoms with Crippen LogP contribution in [-0.4, -0.2) is 35.3 Å². The molecule has 0 saturated heterocycles. The first-order valence-electron chi connectivity index (χ1n) is 6.34. The number of halogens is 3. The molecule has 1 rings (SSSR count). The summed E-state index contributed by atoms with van der Waals surface area (Å²) in [5, 5.41) is 11.1. The van der Waals surface area contributed by atoms with Gasteiger partial charge < -0.3 is 10.4 Å². The van der Waals surface area contributed by atoms with Crippen LogP contribution in [0.2, 0.25) is 0 Å². The zero-order valence-corrected chi connectivity index (χ0v) is 11.2. The molecule has 0 saturated carbocycles. The molecule has 0 bridgehead atoms. The van der Waals surface area contributed by atoms with Crippen LogP contribution in [0.4, 0.5) is 13.2 Å². The van der Waals surface area contributed by atoms with Crippen molar-refractivity contribution >= 4 is 5.91 Å². The maximum absolute atomic E-state index is 11.9. The summed E-state index contributed by atoms with van der Waals surface area (Å²) in [6, 6.07) is 3.18. The molecular weight excluding hydrogens is 285 g/mol. The number of aliphatic hydroxyl groups excluding tert-OH is 1. The highest BCUT2D eigenvalue weighted by molar-refractivity contribution is 5.94. The van der Waals surface area contributed by atoms with Gasteiger partial charge in [-0.25, -0.2) is 4.98 Å². The van der Waals surface area contributed by atoms with Gasteiger partial charge in [-0.1, -0.05) is 11.8 Å². The van der Waals surface area contributed by atoms with Gasteiger partial charge in [0.15, 0.2) is 0 Å². The molecule has 0 unspecified atom stereocenters. The molecule has 2 N–H and O–H groups in total. The van der Waals surface area contributed by atoms with E-state index in [2.05, 4.69) is 22.1 Å². The molecule has 1 aromatic rings. The molecule has 0 aliphatic heterocycles. The lowest BCUT2D eigenvalue weighted by Crippen LogP contribution is -2.26. The zero-order chi connectivity index (χ0) is 15.7. The maximum Gasteiger partial charge on any atom is 0.389 e. The Morgan fingerprint density at radius 3 is 2.81 bits per heavy atom. The van der Waals surface area contributed by atoms with Crippen molar-refractivity contribution in [2.45, 2.75) is 25.4 Å². The molecule has 0 aliphatic carbocycles. The second kappa shape index (κ2) is 8.27. The van der Waals surface area contributed by atoms with E-state index in [1.165, 1.54) is 6.20 Å². The number of pyridine rings is 1. The lowest BCUT2D eigenvalue weighted by molar-refractivity contribution is -0.135. The molecular formula is C14H15F3N2O2. The predicted molar refractivity (Wildman–Crippen MR) is 70.4 cm³/mol. The van der Waals surface area contributed by atoms with Crippen LogP contribution >= 0.6 is 0 Å². The molecule has 114 valence electrons. The second-order valence-electron chi connectivity index (χ2n) is 4.19. The van der Waals surface area contributed by atoms with E-state index < -0.39 is 18.5 Å². The standard InChI is InChI=1S/C14H15F3N2O2/c15-14(16,17)7-1-2-8-19-13(21)12-11(6-4-10-20)5-3-9-18-12/h3,5,9,20H,1-2,7-8,10H2,(H,19,21). The van der Waals surface area contributed by atoms with Gasteiger partial charge in [0.05, 0.1) is 5.56 Å². The van der Waals surface area contributed by atoms with E-state index in [4.69, 9.17) is 5.11 Å². The summed E-state index contributed by atoms with van der Waals surface area (Å²) in [5.74, 6) is 4.51. The van der Waals surface area contributed by atoms with E-state index in [9.17, 15) is 18.0 Å². The van der Waals surface area contributed by atoms with E-state index in [0.29, 0.717) is 5.56 Å². The van der Waals surface area contributed by atoms with Gasteiger partial charge in [0.2, 0.25) is 0 Å². The molecule has 1 aromatic heterocycles. The van der Waals surface area contributed by atoms with Gasteiger partial charge in [-0.3, -0.25) is 4.79 Å². The number of hydrogen-bond acceptors (Lipinski definition) is 3. The number of alkyl halides is 3. The fourth-order valence-electron chi connectivity index (χ4n) is 1.56. The zero-order valence-electron chi connectivity index (χ0n) is 11.2. The van der Waals surface area contributed by atoms with Crippen molar-refractivity contribution in [1.29, 1.82) is 0 Å². The van der Waals surface area contributed by atoms with Crippen molar-refractivity contribution < 1.29 is 23.1 Å². The van der Waals surface area contributed by atoms with Crippen LogP contribution in [0.15, 0.2) is 18.3 Å². The number of rotatable bonds is 5. The quantitative estimate of drug-likeness (QED) is 0.645. The summed E-state index contributed by atoms with van der Waals surface area (Å²) >= 11 is 0. The van der Waals surface area contributed by atoms with Crippen LogP contribution in [0.5, 0.6) is 0 Å². The third kappa shape index (κ3) is 6.77. The summed E-state index contributed by atoms with van der Waals surface area (Å²) in [6.45, 7) is -0.203. The molecule has 0 radical (unpaired) electrons. The summed E-state index contributed by atoms with van der Waals surface area (Å²) < 4.78 is 35.8. The number of hydrogen-bond donors (Lipinski definition) is 2. The molecule has 1 amide bonds. The molecule has 4 nitrogen and oxygen atoms in total. The van der Waals surface area contributed by atoms with Crippen LogP contribution in [-0.2, 0) is 0 Å². The average molecular weight is 300 g/mol. The summed E-state index contributed by atoms with van der Waals surface area (Å²) in [7, 11) is 0. The van der Waals surface area contributed by atoms with Gasteiger partial charge >= 0.3 is 6.18 Å². The summed E-state index contributed by atoms with van der Waals surface area (Å²) in [6.07, 6.45) is -3.42. The smallest absolute Gasteiger partial charge is 0.384 e. The molecule has 7 heteroatoms. The fraction of sp³-hybridized carbons (Fsp3) is 0.429. The number of nitrogens with zero attached hydrogens (tertiary/aromatic N) is 1. The van der Waals surface area contributed by atoms with E-state index in [0.717, 1.165) is 0 Å². The normalized spacial score (nSPS) is 10.7. The Labute approximate surface area is 120 Å². The van der Waals surface area contributed by atoms with Crippen molar-refractivity contribution in [3.8, 4) is 11.8 Å². The van der Waals surface area contributed by atoms with Gasteiger partial charge in [-0.05, 0) is 25.0 Å². The molecule has 0 fully saturated rings. The van der Waals surface area contributed by atoms with Crippen LogP contribution in [0.1, 0.15) is 35.3 Å². The van der Waals surface area contributed by atoms with E-state index in [1.54, 1.807) is 12.1 Å². The SMILES string of the molecule is O=C(NCCCCC(F)(F)F)c1ncccc1C#CCO. The minimum atomic E-state index is -4.17. The highest BCUT2D eigenvalue weighted by Crippen LogP contribution is 2.21. The van der Waals surface area contributed by atoms with Gasteiger partial charge in [0.25, 0.3) is 5.91 Å². The van der Waals surface area contributed by atoms with Crippen molar-refractivity contribution in [3.05, 3.63) is 29.6 Å². The number of unbranched alkanes of at least 4 members (excludes halogenated alkanes) is 1. The minimum absolute atomic E-state index is 0.0385. The predicted octanol–water partition coefficient (Wildman–Crippen LogP) is 1.89. The number of aromatic nitrogens is 1. The maximum atomic E-state index is 11.9. The van der Waals surface area contributed by atoms with Crippen molar-refractivity contribution in [2.24, 2.45) is 0 Å². The lowest BCUT2D eigenvalue weighted by atomic mass is 10.2. The first-order valence-corrected chi connectivity index (χ1v) is 6.34. The van der Waals surface area contributed by atoms with Crippen molar-refractivity contribution in [1.82, 2.24) is 10.3 Å². The third-order valence-electron chi connectivity index (χ3n) is 2.50. The molecule has 21 heavy (non-hydrogen) atoms. The molecule has 0 spiro atoms. The number of nitrogens with one attached hydrogen (secondary N) is 1. The Bertz CT molecular complexity index is 533.